The van der Waals surface area contributed by atoms with Gasteiger partial charge in [-0.2, -0.15) is 5.10 Å². The first kappa shape index (κ1) is 98.9. The van der Waals surface area contributed by atoms with Crippen LogP contribution in [0.5, 0.6) is 0 Å². The van der Waals surface area contributed by atoms with Crippen LogP contribution in [0.4, 0.5) is 5.82 Å². The molecule has 2 fully saturated rings. The van der Waals surface area contributed by atoms with Gasteiger partial charge in [-0.15, -0.1) is 0 Å². The first-order valence-electron chi connectivity index (χ1n) is 40.4. The van der Waals surface area contributed by atoms with Crippen LogP contribution in [0.15, 0.2) is 144 Å². The highest BCUT2D eigenvalue weighted by Gasteiger charge is 2.37. The van der Waals surface area contributed by atoms with Gasteiger partial charge in [-0.3, -0.25) is 93.0 Å². The van der Waals surface area contributed by atoms with Crippen molar-refractivity contribution in [3.63, 3.8) is 0 Å². The van der Waals surface area contributed by atoms with E-state index in [1.54, 1.807) is 97.1 Å². The number of benzene rings is 4. The Hall–Kier alpha value is -14.2. The summed E-state index contributed by atoms with van der Waals surface area (Å²) in [6.45, 7) is -1.74. The van der Waals surface area contributed by atoms with Crippen molar-refractivity contribution >= 4 is 129 Å². The number of aromatic nitrogens is 1. The molecule has 7 rings (SSSR count). The fourth-order valence-electron chi connectivity index (χ4n) is 13.0. The Bertz CT molecular complexity index is 4670. The van der Waals surface area contributed by atoms with Crippen molar-refractivity contribution in [2.24, 2.45) is 16.6 Å². The molecule has 0 bridgehead atoms. The number of nitrogens with two attached hydrogens (primary N) is 2. The summed E-state index contributed by atoms with van der Waals surface area (Å²) in [4.78, 5) is 225. The van der Waals surface area contributed by atoms with E-state index in [1.165, 1.54) is 36.5 Å². The fraction of sp³-hybridized carbons (Fsp3) is 0.407. The molecule has 3 heterocycles. The molecule has 2 saturated heterocycles. The molecule has 14 amide bonds. The maximum atomic E-state index is 14.9. The second-order valence-corrected chi connectivity index (χ2v) is 30.9. The van der Waals surface area contributed by atoms with Crippen LogP contribution >= 0.6 is 10.9 Å². The lowest BCUT2D eigenvalue weighted by molar-refractivity contribution is -0.141. The number of hydrogen-bond acceptors (Lipinski definition) is 24. The third kappa shape index (κ3) is 35.3. The minimum Gasteiger partial charge on any atom is -0.481 e. The Morgan fingerprint density at radius 1 is 0.460 bits per heavy atom. The molecule has 44 nitrogen and oxygen atoms in total. The van der Waals surface area contributed by atoms with E-state index >= 15 is 0 Å². The van der Waals surface area contributed by atoms with E-state index in [0.29, 0.717) is 16.7 Å². The number of carbonyl (C=O) groups is 16. The molecule has 45 heteroatoms. The second kappa shape index (κ2) is 51.0. The summed E-state index contributed by atoms with van der Waals surface area (Å²) in [6, 6.07) is 18.3. The number of guanidine groups is 2. The molecule has 0 saturated carbocycles. The van der Waals surface area contributed by atoms with Crippen LogP contribution in [-0.4, -0.2) is 241 Å². The molecule has 0 radical (unpaired) electrons. The van der Waals surface area contributed by atoms with Gasteiger partial charge in [0.05, 0.1) is 42.6 Å². The van der Waals surface area contributed by atoms with Gasteiger partial charge < -0.3 is 120 Å². The van der Waals surface area contributed by atoms with Gasteiger partial charge in [-0.05, 0) is 106 Å². The Kier molecular flexibility index (Phi) is 40.0. The van der Waals surface area contributed by atoms with E-state index in [0.717, 1.165) is 6.20 Å². The van der Waals surface area contributed by atoms with Crippen molar-refractivity contribution in [1.29, 1.82) is 10.8 Å². The van der Waals surface area contributed by atoms with Gasteiger partial charge in [-0.25, -0.2) is 4.98 Å². The Morgan fingerprint density at radius 3 is 1.33 bits per heavy atom. The fourth-order valence-corrected chi connectivity index (χ4v) is 13.7. The molecule has 2 aliphatic rings. The number of carbonyl (C=O) groups excluding carboxylic acids is 14. The van der Waals surface area contributed by atoms with Gasteiger partial charge in [0.15, 0.2) is 11.9 Å². The molecule has 0 aliphatic carbocycles. The molecule has 678 valence electrons. The van der Waals surface area contributed by atoms with E-state index in [-0.39, 0.29) is 137 Å². The average molecular weight is 1770 g/mol. The van der Waals surface area contributed by atoms with Crippen LogP contribution in [0.1, 0.15) is 123 Å². The SMILES string of the molecule is N=C(N)NCCC[C@@H]1NC(=O)[C@H](CCCCNC(=O)CCC(NC(=O)[C@H](Cc2ccccc2)NC(=O)c2ccc(NN=Cc3ccccc3S(O)(O)O)nc2)C(=O)NCCCC[C@@H]2NC(=O)[C@@H](Cc3ccccc3)NC(=O)[C@H](CC(=O)O)NC(=O)CNC(=O)[C@H](CCCNC(=N)N)NC2=O)NC(=O)[C@@H](Cc2ccccc2)NC(=O)[C@H](CC(=O)O)NC(=O)CNC1=O. The van der Waals surface area contributed by atoms with Gasteiger partial charge in [0.1, 0.15) is 77.1 Å². The van der Waals surface area contributed by atoms with Crippen molar-refractivity contribution in [1.82, 2.24) is 90.1 Å². The summed E-state index contributed by atoms with van der Waals surface area (Å²) in [5.41, 5.74) is 15.3. The largest absolute Gasteiger partial charge is 0.481 e. The number of hydrogen-bond donors (Lipinski definition) is 26. The number of hydrazone groups is 1. The number of unbranched alkanes of at least 4 members (excludes halogenated alkanes) is 2. The molecule has 126 heavy (non-hydrogen) atoms. The van der Waals surface area contributed by atoms with Crippen LogP contribution in [0.25, 0.3) is 0 Å². The average Bonchev–Trinajstić information content (AvgIpc) is 0.988. The van der Waals surface area contributed by atoms with E-state index in [4.69, 9.17) is 22.3 Å². The summed E-state index contributed by atoms with van der Waals surface area (Å²) in [5.74, 6) is -16.5. The first-order chi connectivity index (χ1) is 60.2. The molecule has 2 aliphatic heterocycles. The summed E-state index contributed by atoms with van der Waals surface area (Å²) in [6.07, 6.45) is -1.11. The van der Waals surface area contributed by atoms with Crippen LogP contribution in [0.3, 0.4) is 0 Å². The molecule has 0 spiro atoms. The summed E-state index contributed by atoms with van der Waals surface area (Å²) in [5, 5.41) is 79.6. The lowest BCUT2D eigenvalue weighted by atomic mass is 10.0. The Morgan fingerprint density at radius 2 is 0.873 bits per heavy atom. The zero-order valence-electron chi connectivity index (χ0n) is 68.5. The minimum absolute atomic E-state index is 0.00748. The number of pyridine rings is 1. The lowest BCUT2D eigenvalue weighted by Gasteiger charge is -2.26. The number of anilines is 1. The highest BCUT2D eigenvalue weighted by atomic mass is 32.3. The molecule has 10 atom stereocenters. The monoisotopic (exact) mass is 1770 g/mol. The number of nitrogens with one attached hydrogen (secondary N) is 19. The van der Waals surface area contributed by atoms with Gasteiger partial charge in [0, 0.05) is 63.6 Å². The maximum Gasteiger partial charge on any atom is 0.305 e. The van der Waals surface area contributed by atoms with Crippen LogP contribution in [0, 0.1) is 10.8 Å². The van der Waals surface area contributed by atoms with E-state index in [1.807, 2.05) is 0 Å². The third-order valence-electron chi connectivity index (χ3n) is 19.5. The molecule has 1 aromatic heterocycles. The predicted octanol–water partition coefficient (Wildman–Crippen LogP) is -2.61. The van der Waals surface area contributed by atoms with Gasteiger partial charge in [0.25, 0.3) is 5.91 Å². The molecule has 1 unspecified atom stereocenters. The number of amides is 14. The number of rotatable bonds is 40. The van der Waals surface area contributed by atoms with Crippen LogP contribution < -0.4 is 102 Å². The normalized spacial score (nSPS) is 19.5. The number of carboxylic acids is 2. The number of nitrogens with zero attached hydrogens (tertiary/aromatic N) is 2. The zero-order chi connectivity index (χ0) is 91.7. The van der Waals surface area contributed by atoms with E-state index in [2.05, 4.69) is 101 Å². The Labute approximate surface area is 724 Å². The van der Waals surface area contributed by atoms with Crippen molar-refractivity contribution in [2.45, 2.75) is 174 Å². The summed E-state index contributed by atoms with van der Waals surface area (Å²) in [7, 11) is -4.12. The minimum atomic E-state index is -4.12. The maximum absolute atomic E-state index is 14.9. The molecule has 28 N–H and O–H groups in total. The quantitative estimate of drug-likeness (QED) is 0.00827. The molecule has 5 aromatic rings. The van der Waals surface area contributed by atoms with Crippen molar-refractivity contribution < 1.29 is 101 Å². The second-order valence-electron chi connectivity index (χ2n) is 29.4. The number of aliphatic carboxylic acids is 2. The molecular formula is C81H107N23O21S. The molecule has 4 aromatic carbocycles. The van der Waals surface area contributed by atoms with Crippen LogP contribution in [-0.2, 0) is 91.2 Å². The smallest absolute Gasteiger partial charge is 0.305 e. The van der Waals surface area contributed by atoms with E-state index < -0.39 is 211 Å². The Balaban J connectivity index is 1.12. The summed E-state index contributed by atoms with van der Waals surface area (Å²) < 4.78 is 29.7. The zero-order valence-corrected chi connectivity index (χ0v) is 69.4. The first-order valence-corrected chi connectivity index (χ1v) is 41.9. The van der Waals surface area contributed by atoms with Crippen molar-refractivity contribution in [3.05, 3.63) is 161 Å². The lowest BCUT2D eigenvalue weighted by Crippen LogP contribution is -2.58. The highest BCUT2D eigenvalue weighted by Crippen LogP contribution is 2.45. The number of carboxylic acid groups (broad SMARTS) is 2. The van der Waals surface area contributed by atoms with Gasteiger partial charge >= 0.3 is 11.9 Å². The third-order valence-corrected chi connectivity index (χ3v) is 20.5. The van der Waals surface area contributed by atoms with Crippen molar-refractivity contribution in [2.75, 3.05) is 44.7 Å². The van der Waals surface area contributed by atoms with Gasteiger partial charge in [-0.1, -0.05) is 109 Å². The molecular weight excluding hydrogens is 1660 g/mol. The standard InChI is InChI=1S/C81H107N23O21S/c82-80(83)88-36-16-27-52-71(114)91-45-65(106)94-60(41-67(108)109)78(121)102-58(39-48-20-6-2-7-21-48)76(119)98-54(73(116)96-52)25-12-14-34-86-64(105)33-31-56(100-75(118)57(38-47-18-4-1-5-19-47)101-69(112)51-30-32-63(90-43-51)104-93-44-50-24-10-11-29-62(50)126(123,124)125)70(113)87-35-15-13-26-55-74(117)97-53(28-17-37-89-81(84)85)72(115)92-46-66(107)95-61(42-68(110)111)79(122)103-59(77(120)99-55)40-49-22-8-3-9-23-49/h1-11,18-24,29-30,32,43-44,52-61,123-125H,12-17,25-28,31,33-42,45-46H2,(H,86,105)(H,87,113)(H,90,104)(H,91,114)(H,92,115)(H,94,106)(H,95,107)(H,96,116)(H,97,117)(H,98,119)(H,99,120)(H,100,118)(H,101,112)(H,102,121)(H,103,122)(H,108,109)(H,110,111)(H4,82,83,88)(H4,84,85,89)/t52-,53-,54-,55-,56?,57-,58+,59+,60-,61-/m0/s1. The topological polar surface area (TPSA) is 704 Å². The highest BCUT2D eigenvalue weighted by molar-refractivity contribution is 8.19. The van der Waals surface area contributed by atoms with E-state index in [9.17, 15) is 101 Å². The van der Waals surface area contributed by atoms with Crippen LogP contribution in [0.2, 0.25) is 0 Å². The predicted molar refractivity (Wildman–Crippen MR) is 456 cm³/mol. The van der Waals surface area contributed by atoms with Crippen molar-refractivity contribution in [3.8, 4) is 0 Å². The summed E-state index contributed by atoms with van der Waals surface area (Å²) >= 11 is 0. The van der Waals surface area contributed by atoms with Gasteiger partial charge in [0.2, 0.25) is 76.8 Å².